The van der Waals surface area contributed by atoms with Gasteiger partial charge in [0.15, 0.2) is 0 Å². The second-order valence-electron chi connectivity index (χ2n) is 7.20. The minimum absolute atomic E-state index is 0.0222. The Hall–Kier alpha value is -2.93. The van der Waals surface area contributed by atoms with Crippen LogP contribution in [0.1, 0.15) is 21.7 Å². The Bertz CT molecular complexity index is 1040. The number of rotatable bonds is 4. The van der Waals surface area contributed by atoms with Gasteiger partial charge in [-0.3, -0.25) is 4.79 Å². The largest absolute Gasteiger partial charge is 0.381 e. The molecule has 3 aromatic rings. The molecule has 0 spiro atoms. The highest BCUT2D eigenvalue weighted by Crippen LogP contribution is 2.30. The van der Waals surface area contributed by atoms with E-state index < -0.39 is 0 Å². The zero-order chi connectivity index (χ0) is 18.4. The fraction of sp³-hybridized carbons (Fsp3) is 0.350. The number of para-hydroxylation sites is 1. The fourth-order valence-corrected chi connectivity index (χ4v) is 3.63. The summed E-state index contributed by atoms with van der Waals surface area (Å²) < 4.78 is 5.24. The maximum Gasteiger partial charge on any atom is 0.253 e. The van der Waals surface area contributed by atoms with E-state index in [1.807, 2.05) is 31.2 Å². The van der Waals surface area contributed by atoms with Crippen molar-refractivity contribution in [3.63, 3.8) is 0 Å². The minimum atomic E-state index is -0.0222. The Morgan fingerprint density at radius 1 is 1.26 bits per heavy atom. The van der Waals surface area contributed by atoms with E-state index in [0.717, 1.165) is 71.2 Å². The van der Waals surface area contributed by atoms with E-state index in [4.69, 9.17) is 14.7 Å². The number of nitrogens with one attached hydrogen (secondary N) is 3. The molecule has 1 amide bonds. The summed E-state index contributed by atoms with van der Waals surface area (Å²) in [7, 11) is 0. The third-order valence-corrected chi connectivity index (χ3v) is 5.23. The third kappa shape index (κ3) is 2.84. The lowest BCUT2D eigenvalue weighted by atomic mass is 10.1. The average Bonchev–Trinajstić information content (AvgIpc) is 3.06. The molecular formula is C20H21N5O2. The molecule has 0 bridgehead atoms. The SMILES string of the molecule is Cc1nc2cccc(-c3cc4c([nH]3)CCNC4=O)c2nc1NCC1COC1. The monoisotopic (exact) mass is 363 g/mol. The standard InChI is InChI=1S/C20H21N5O2/c1-11-19(22-8-12-9-27-10-12)25-18-13(3-2-4-16(18)23-11)17-7-14-15(24-17)5-6-21-20(14)26/h2-4,7,12,24H,5-6,8-10H2,1H3,(H,21,26)(H,22,25). The highest BCUT2D eigenvalue weighted by Gasteiger charge is 2.22. The molecule has 0 unspecified atom stereocenters. The summed E-state index contributed by atoms with van der Waals surface area (Å²) in [5.74, 6) is 1.31. The summed E-state index contributed by atoms with van der Waals surface area (Å²) in [5.41, 5.74) is 6.11. The molecule has 5 rings (SSSR count). The van der Waals surface area contributed by atoms with Crippen LogP contribution in [-0.4, -0.2) is 47.2 Å². The number of benzene rings is 1. The van der Waals surface area contributed by atoms with Crippen molar-refractivity contribution in [2.24, 2.45) is 5.92 Å². The molecule has 7 nitrogen and oxygen atoms in total. The first kappa shape index (κ1) is 16.3. The number of aryl methyl sites for hydroxylation is 1. The van der Waals surface area contributed by atoms with Crippen LogP contribution in [0.2, 0.25) is 0 Å². The van der Waals surface area contributed by atoms with Gasteiger partial charge in [0, 0.05) is 42.4 Å². The van der Waals surface area contributed by atoms with Gasteiger partial charge in [-0.15, -0.1) is 0 Å². The van der Waals surface area contributed by atoms with E-state index in [1.165, 1.54) is 0 Å². The van der Waals surface area contributed by atoms with Crippen molar-refractivity contribution < 1.29 is 9.53 Å². The predicted octanol–water partition coefficient (Wildman–Crippen LogP) is 2.28. The molecule has 2 aliphatic rings. The van der Waals surface area contributed by atoms with Gasteiger partial charge in [-0.2, -0.15) is 0 Å². The lowest BCUT2D eigenvalue weighted by Gasteiger charge is -2.26. The summed E-state index contributed by atoms with van der Waals surface area (Å²) in [6.45, 7) is 5.07. The number of fused-ring (bicyclic) bond motifs is 2. The Morgan fingerprint density at radius 2 is 2.15 bits per heavy atom. The van der Waals surface area contributed by atoms with Gasteiger partial charge in [-0.25, -0.2) is 9.97 Å². The normalized spacial score (nSPS) is 16.7. The van der Waals surface area contributed by atoms with Crippen molar-refractivity contribution in [3.05, 3.63) is 41.2 Å². The molecule has 0 radical (unpaired) electrons. The molecule has 0 saturated carbocycles. The fourth-order valence-electron chi connectivity index (χ4n) is 3.63. The average molecular weight is 363 g/mol. The van der Waals surface area contributed by atoms with E-state index in [1.54, 1.807) is 0 Å². The number of amides is 1. The molecule has 27 heavy (non-hydrogen) atoms. The predicted molar refractivity (Wildman–Crippen MR) is 103 cm³/mol. The van der Waals surface area contributed by atoms with Crippen molar-refractivity contribution in [1.29, 1.82) is 0 Å². The van der Waals surface area contributed by atoms with Crippen molar-refractivity contribution in [1.82, 2.24) is 20.3 Å². The lowest BCUT2D eigenvalue weighted by Crippen LogP contribution is -2.33. The molecule has 138 valence electrons. The summed E-state index contributed by atoms with van der Waals surface area (Å²) in [6, 6.07) is 7.88. The van der Waals surface area contributed by atoms with Crippen LogP contribution in [0, 0.1) is 12.8 Å². The molecule has 0 aliphatic carbocycles. The third-order valence-electron chi connectivity index (χ3n) is 5.23. The molecule has 1 aromatic carbocycles. The molecule has 1 saturated heterocycles. The van der Waals surface area contributed by atoms with Crippen LogP contribution in [0.5, 0.6) is 0 Å². The first-order chi connectivity index (χ1) is 13.2. The van der Waals surface area contributed by atoms with E-state index in [2.05, 4.69) is 15.6 Å². The molecule has 7 heteroatoms. The second-order valence-corrected chi connectivity index (χ2v) is 7.20. The van der Waals surface area contributed by atoms with Crippen LogP contribution in [-0.2, 0) is 11.2 Å². The number of anilines is 1. The summed E-state index contributed by atoms with van der Waals surface area (Å²) in [5, 5.41) is 6.30. The molecule has 2 aromatic heterocycles. The Kier molecular flexibility index (Phi) is 3.82. The van der Waals surface area contributed by atoms with Crippen LogP contribution >= 0.6 is 0 Å². The van der Waals surface area contributed by atoms with Crippen LogP contribution in [0.25, 0.3) is 22.3 Å². The maximum atomic E-state index is 12.1. The number of hydrogen-bond acceptors (Lipinski definition) is 5. The van der Waals surface area contributed by atoms with Crippen LogP contribution in [0.15, 0.2) is 24.3 Å². The molecular weight excluding hydrogens is 342 g/mol. The van der Waals surface area contributed by atoms with Crippen molar-refractivity contribution >= 4 is 22.8 Å². The number of carbonyl (C=O) groups excluding carboxylic acids is 1. The zero-order valence-corrected chi connectivity index (χ0v) is 15.1. The number of nitrogens with zero attached hydrogens (tertiary/aromatic N) is 2. The van der Waals surface area contributed by atoms with Gasteiger partial charge in [0.2, 0.25) is 0 Å². The van der Waals surface area contributed by atoms with Gasteiger partial charge in [0.25, 0.3) is 5.91 Å². The smallest absolute Gasteiger partial charge is 0.253 e. The van der Waals surface area contributed by atoms with Crippen LogP contribution < -0.4 is 10.6 Å². The van der Waals surface area contributed by atoms with E-state index in [9.17, 15) is 4.79 Å². The van der Waals surface area contributed by atoms with Crippen molar-refractivity contribution in [2.45, 2.75) is 13.3 Å². The Balaban J connectivity index is 1.56. The lowest BCUT2D eigenvalue weighted by molar-refractivity contribution is -0.0248. The van der Waals surface area contributed by atoms with Gasteiger partial charge in [0.05, 0.1) is 30.0 Å². The summed E-state index contributed by atoms with van der Waals surface area (Å²) >= 11 is 0. The first-order valence-electron chi connectivity index (χ1n) is 9.28. The number of ether oxygens (including phenoxy) is 1. The van der Waals surface area contributed by atoms with Crippen LogP contribution in [0.3, 0.4) is 0 Å². The van der Waals surface area contributed by atoms with Gasteiger partial charge in [0.1, 0.15) is 11.3 Å². The minimum Gasteiger partial charge on any atom is -0.381 e. The topological polar surface area (TPSA) is 91.9 Å². The highest BCUT2D eigenvalue weighted by atomic mass is 16.5. The van der Waals surface area contributed by atoms with E-state index >= 15 is 0 Å². The highest BCUT2D eigenvalue weighted by molar-refractivity contribution is 5.99. The van der Waals surface area contributed by atoms with Crippen molar-refractivity contribution in [2.75, 3.05) is 31.6 Å². The molecule has 2 aliphatic heterocycles. The number of aromatic nitrogens is 3. The number of hydrogen-bond donors (Lipinski definition) is 3. The molecule has 0 atom stereocenters. The second kappa shape index (κ2) is 6.35. The number of carbonyl (C=O) groups is 1. The molecule has 4 heterocycles. The van der Waals surface area contributed by atoms with E-state index in [0.29, 0.717) is 12.5 Å². The summed E-state index contributed by atoms with van der Waals surface area (Å²) in [6.07, 6.45) is 0.812. The Morgan fingerprint density at radius 3 is 2.93 bits per heavy atom. The number of aromatic amines is 1. The zero-order valence-electron chi connectivity index (χ0n) is 15.1. The van der Waals surface area contributed by atoms with Gasteiger partial charge >= 0.3 is 0 Å². The quantitative estimate of drug-likeness (QED) is 0.661. The van der Waals surface area contributed by atoms with Gasteiger partial charge < -0.3 is 20.4 Å². The molecule has 1 fully saturated rings. The molecule has 3 N–H and O–H groups in total. The van der Waals surface area contributed by atoms with Gasteiger partial charge in [-0.1, -0.05) is 12.1 Å². The first-order valence-corrected chi connectivity index (χ1v) is 9.28. The Labute approximate surface area is 156 Å². The summed E-state index contributed by atoms with van der Waals surface area (Å²) in [4.78, 5) is 25.1. The van der Waals surface area contributed by atoms with E-state index in [-0.39, 0.29) is 5.91 Å². The number of H-pyrrole nitrogens is 1. The van der Waals surface area contributed by atoms with Crippen molar-refractivity contribution in [3.8, 4) is 11.3 Å². The van der Waals surface area contributed by atoms with Crippen LogP contribution in [0.4, 0.5) is 5.82 Å². The van der Waals surface area contributed by atoms with Gasteiger partial charge in [-0.05, 0) is 19.1 Å². The maximum absolute atomic E-state index is 12.1.